The second-order valence-electron chi connectivity index (χ2n) is 2.56. The molecule has 0 aliphatic carbocycles. The minimum Gasteiger partial charge on any atom is -0.258 e. The standard InChI is InChI=1S/C7H5BrFNO2.CCl4/c8-4-5-6(9)2-1-3-7(5)10(11)12;2-1(3,4)5/h1-3H,4H2;. The second kappa shape index (κ2) is 7.59. The number of hydrogen-bond donors (Lipinski definition) is 0. The Morgan fingerprint density at radius 3 is 2.12 bits per heavy atom. The summed E-state index contributed by atoms with van der Waals surface area (Å²) in [6.07, 6.45) is 0. The molecule has 0 aromatic heterocycles. The summed E-state index contributed by atoms with van der Waals surface area (Å²) >= 11 is 22.3. The summed E-state index contributed by atoms with van der Waals surface area (Å²) in [4.78, 5) is 9.75. The minimum absolute atomic E-state index is 0.0856. The summed E-state index contributed by atoms with van der Waals surface area (Å²) in [7, 11) is 0. The van der Waals surface area contributed by atoms with Gasteiger partial charge >= 0.3 is 0 Å². The molecule has 0 unspecified atom stereocenters. The SMILES string of the molecule is ClC(Cl)(Cl)Cl.O=[N+]([O-])c1cccc(F)c1CBr. The average molecular weight is 388 g/mol. The largest absolute Gasteiger partial charge is 0.276 e. The third-order valence-corrected chi connectivity index (χ3v) is 1.99. The number of rotatable bonds is 2. The van der Waals surface area contributed by atoms with E-state index in [1.54, 1.807) is 0 Å². The molecule has 96 valence electrons. The molecule has 0 radical (unpaired) electrons. The van der Waals surface area contributed by atoms with Crippen LogP contribution in [-0.4, -0.2) is 8.18 Å². The first-order valence-electron chi connectivity index (χ1n) is 3.90. The summed E-state index contributed by atoms with van der Waals surface area (Å²) in [5.41, 5.74) is -0.102. The van der Waals surface area contributed by atoms with Crippen LogP contribution in [0, 0.1) is 15.9 Å². The molecule has 0 amide bonds. The molecule has 0 bridgehead atoms. The summed E-state index contributed by atoms with van der Waals surface area (Å²) in [6.45, 7) is 0. The Bertz CT molecular complexity index is 394. The van der Waals surface area contributed by atoms with Gasteiger partial charge in [0, 0.05) is 11.4 Å². The highest BCUT2D eigenvalue weighted by molar-refractivity contribution is 9.08. The number of nitro groups is 1. The van der Waals surface area contributed by atoms with Gasteiger partial charge in [-0.3, -0.25) is 10.1 Å². The van der Waals surface area contributed by atoms with E-state index in [4.69, 9.17) is 46.4 Å². The molecule has 17 heavy (non-hydrogen) atoms. The first-order chi connectivity index (χ1) is 7.66. The third-order valence-electron chi connectivity index (χ3n) is 1.42. The van der Waals surface area contributed by atoms with Crippen molar-refractivity contribution in [2.45, 2.75) is 8.58 Å². The Kier molecular flexibility index (Phi) is 7.67. The number of halogens is 6. The molecule has 1 aromatic carbocycles. The number of benzene rings is 1. The van der Waals surface area contributed by atoms with Crippen molar-refractivity contribution in [2.24, 2.45) is 0 Å². The number of nitrogens with zero attached hydrogens (tertiary/aromatic N) is 1. The molecule has 0 saturated carbocycles. The van der Waals surface area contributed by atoms with Crippen molar-refractivity contribution in [2.75, 3.05) is 0 Å². The fraction of sp³-hybridized carbons (Fsp3) is 0.250. The monoisotopic (exact) mass is 385 g/mol. The van der Waals surface area contributed by atoms with Gasteiger partial charge in [0.15, 0.2) is 0 Å². The van der Waals surface area contributed by atoms with E-state index in [1.807, 2.05) is 0 Å². The maximum atomic E-state index is 12.9. The van der Waals surface area contributed by atoms with Crippen molar-refractivity contribution in [1.29, 1.82) is 0 Å². The van der Waals surface area contributed by atoms with E-state index in [2.05, 4.69) is 15.9 Å². The molecule has 1 aromatic rings. The lowest BCUT2D eigenvalue weighted by atomic mass is 10.2. The van der Waals surface area contributed by atoms with Crippen molar-refractivity contribution in [3.05, 3.63) is 39.7 Å². The lowest BCUT2D eigenvalue weighted by molar-refractivity contribution is -0.385. The van der Waals surface area contributed by atoms with Crippen LogP contribution in [0.5, 0.6) is 0 Å². The van der Waals surface area contributed by atoms with Gasteiger partial charge in [-0.1, -0.05) is 68.4 Å². The average Bonchev–Trinajstić information content (AvgIpc) is 2.14. The van der Waals surface area contributed by atoms with E-state index < -0.39 is 14.0 Å². The van der Waals surface area contributed by atoms with Crippen LogP contribution in [0.1, 0.15) is 5.56 Å². The Morgan fingerprint density at radius 2 is 1.82 bits per heavy atom. The van der Waals surface area contributed by atoms with Gasteiger partial charge in [0.1, 0.15) is 5.82 Å². The van der Waals surface area contributed by atoms with Crippen molar-refractivity contribution in [3.63, 3.8) is 0 Å². The van der Waals surface area contributed by atoms with Crippen molar-refractivity contribution in [3.8, 4) is 0 Å². The fourth-order valence-electron chi connectivity index (χ4n) is 0.851. The van der Waals surface area contributed by atoms with Gasteiger partial charge in [-0.2, -0.15) is 0 Å². The van der Waals surface area contributed by atoms with Crippen molar-refractivity contribution in [1.82, 2.24) is 0 Å². The van der Waals surface area contributed by atoms with Crippen LogP contribution in [-0.2, 0) is 5.33 Å². The Morgan fingerprint density at radius 1 is 1.35 bits per heavy atom. The van der Waals surface area contributed by atoms with Crippen LogP contribution in [0.4, 0.5) is 10.1 Å². The van der Waals surface area contributed by atoms with Gasteiger partial charge < -0.3 is 0 Å². The molecule has 0 saturated heterocycles. The zero-order valence-corrected chi connectivity index (χ0v) is 12.6. The summed E-state index contributed by atoms with van der Waals surface area (Å²) in [6, 6.07) is 3.79. The van der Waals surface area contributed by atoms with E-state index in [1.165, 1.54) is 18.2 Å². The smallest absolute Gasteiger partial charge is 0.258 e. The van der Waals surface area contributed by atoms with Gasteiger partial charge in [-0.05, 0) is 6.07 Å². The van der Waals surface area contributed by atoms with Crippen LogP contribution < -0.4 is 0 Å². The van der Waals surface area contributed by atoms with Crippen LogP contribution in [0.2, 0.25) is 0 Å². The van der Waals surface area contributed by atoms with E-state index in [9.17, 15) is 14.5 Å². The molecule has 0 heterocycles. The fourth-order valence-corrected chi connectivity index (χ4v) is 1.41. The first kappa shape index (κ1) is 17.2. The Balaban J connectivity index is 0.000000437. The van der Waals surface area contributed by atoms with Crippen LogP contribution in [0.25, 0.3) is 0 Å². The lowest BCUT2D eigenvalue weighted by Gasteiger charge is -1.98. The molecule has 0 atom stereocenters. The normalized spacial score (nSPS) is 10.5. The van der Waals surface area contributed by atoms with Gasteiger partial charge in [0.05, 0.1) is 10.5 Å². The Hall–Kier alpha value is 0.190. The molecule has 3 nitrogen and oxygen atoms in total. The number of hydrogen-bond acceptors (Lipinski definition) is 2. The summed E-state index contributed by atoms with van der Waals surface area (Å²) in [5, 5.41) is 10.5. The molecule has 0 aliphatic rings. The summed E-state index contributed by atoms with van der Waals surface area (Å²) in [5.74, 6) is -0.555. The lowest BCUT2D eigenvalue weighted by Crippen LogP contribution is -1.95. The number of alkyl halides is 5. The van der Waals surface area contributed by atoms with Gasteiger partial charge in [0.25, 0.3) is 8.94 Å². The van der Waals surface area contributed by atoms with E-state index in [0.717, 1.165) is 0 Å². The predicted octanol–water partition coefficient (Wildman–Crippen LogP) is 5.18. The van der Waals surface area contributed by atoms with Gasteiger partial charge in [-0.25, -0.2) is 4.39 Å². The molecule has 1 rings (SSSR count). The Labute approximate surface area is 125 Å². The minimum atomic E-state index is -1.61. The van der Waals surface area contributed by atoms with Crippen LogP contribution in [0.3, 0.4) is 0 Å². The predicted molar refractivity (Wildman–Crippen MR) is 71.8 cm³/mol. The molecule has 0 aliphatic heterocycles. The zero-order chi connectivity index (χ0) is 13.6. The van der Waals surface area contributed by atoms with E-state index in [0.29, 0.717) is 0 Å². The van der Waals surface area contributed by atoms with Gasteiger partial charge in [-0.15, -0.1) is 0 Å². The molecule has 9 heteroatoms. The maximum Gasteiger partial charge on any atom is 0.276 e. The van der Waals surface area contributed by atoms with Crippen molar-refractivity contribution < 1.29 is 9.31 Å². The molecular formula is C8H5BrCl4FNO2. The van der Waals surface area contributed by atoms with Crippen LogP contribution >= 0.6 is 62.3 Å². The van der Waals surface area contributed by atoms with Crippen molar-refractivity contribution >= 4 is 68.0 Å². The first-order valence-corrected chi connectivity index (χ1v) is 6.53. The van der Waals surface area contributed by atoms with Gasteiger partial charge in [0.2, 0.25) is 0 Å². The molecule has 0 N–H and O–H groups in total. The highest BCUT2D eigenvalue weighted by Crippen LogP contribution is 2.29. The van der Waals surface area contributed by atoms with E-state index in [-0.39, 0.29) is 16.6 Å². The molecule has 0 fully saturated rings. The second-order valence-corrected chi connectivity index (χ2v) is 6.55. The topological polar surface area (TPSA) is 43.1 Å². The van der Waals surface area contributed by atoms with E-state index >= 15 is 0 Å². The van der Waals surface area contributed by atoms with Crippen LogP contribution in [0.15, 0.2) is 18.2 Å². The third kappa shape index (κ3) is 8.00. The summed E-state index contributed by atoms with van der Waals surface area (Å²) < 4.78 is 11.3. The molecular weight excluding hydrogens is 383 g/mol. The highest BCUT2D eigenvalue weighted by atomic mass is 79.9. The highest BCUT2D eigenvalue weighted by Gasteiger charge is 2.15. The number of nitro benzene ring substituents is 1. The quantitative estimate of drug-likeness (QED) is 0.398. The maximum absolute atomic E-state index is 12.9. The molecule has 0 spiro atoms. The zero-order valence-electron chi connectivity index (χ0n) is 7.97.